The first kappa shape index (κ1) is 19.6. The second-order valence-corrected chi connectivity index (χ2v) is 7.07. The van der Waals surface area contributed by atoms with Crippen LogP contribution in [-0.4, -0.2) is 18.8 Å². The molecule has 0 aliphatic rings. The van der Waals surface area contributed by atoms with Crippen molar-refractivity contribution < 1.29 is 9.47 Å². The van der Waals surface area contributed by atoms with Gasteiger partial charge in [-0.3, -0.25) is 9.36 Å². The number of fused-ring (bicyclic) bond motifs is 1. The first-order valence-corrected chi connectivity index (χ1v) is 9.81. The van der Waals surface area contributed by atoms with Gasteiger partial charge in [0, 0.05) is 17.5 Å². The number of anilines is 1. The van der Waals surface area contributed by atoms with Gasteiger partial charge >= 0.3 is 0 Å². The maximum atomic E-state index is 13.2. The minimum Gasteiger partial charge on any atom is -0.493 e. The predicted octanol–water partition coefficient (Wildman–Crippen LogP) is 4.51. The third-order valence-corrected chi connectivity index (χ3v) is 5.36. The van der Waals surface area contributed by atoms with Crippen LogP contribution in [0.2, 0.25) is 0 Å². The summed E-state index contributed by atoms with van der Waals surface area (Å²) in [6, 6.07) is 23.3. The predicted molar refractivity (Wildman–Crippen MR) is 121 cm³/mol. The smallest absolute Gasteiger partial charge is 0.260 e. The van der Waals surface area contributed by atoms with Crippen LogP contribution in [-0.2, 0) is 13.0 Å². The molecule has 4 rings (SSSR count). The van der Waals surface area contributed by atoms with Crippen molar-refractivity contribution in [2.75, 3.05) is 20.0 Å². The fraction of sp³-hybridized carbons (Fsp3) is 0.160. The van der Waals surface area contributed by atoms with E-state index in [4.69, 9.17) is 15.2 Å². The first-order chi connectivity index (χ1) is 14.6. The molecule has 0 bridgehead atoms. The molecule has 5 nitrogen and oxygen atoms in total. The number of aromatic nitrogens is 1. The van der Waals surface area contributed by atoms with Crippen molar-refractivity contribution in [1.82, 2.24) is 4.57 Å². The van der Waals surface area contributed by atoms with Gasteiger partial charge in [-0.25, -0.2) is 0 Å². The van der Waals surface area contributed by atoms with E-state index in [1.165, 1.54) is 0 Å². The van der Waals surface area contributed by atoms with E-state index < -0.39 is 0 Å². The molecule has 0 unspecified atom stereocenters. The van der Waals surface area contributed by atoms with Crippen molar-refractivity contribution >= 4 is 16.6 Å². The Morgan fingerprint density at radius 1 is 0.833 bits per heavy atom. The van der Waals surface area contributed by atoms with Gasteiger partial charge in [-0.2, -0.15) is 0 Å². The third kappa shape index (κ3) is 3.50. The number of benzene rings is 3. The highest BCUT2D eigenvalue weighted by atomic mass is 16.5. The summed E-state index contributed by atoms with van der Waals surface area (Å²) < 4.78 is 12.5. The molecule has 0 aliphatic heterocycles. The lowest BCUT2D eigenvalue weighted by molar-refractivity contribution is 0.355. The molecule has 1 aromatic heterocycles. The minimum absolute atomic E-state index is 0.0803. The van der Waals surface area contributed by atoms with Gasteiger partial charge < -0.3 is 15.2 Å². The number of hydrogen-bond acceptors (Lipinski definition) is 4. The molecular weight excluding hydrogens is 376 g/mol. The number of hydrogen-bond donors (Lipinski definition) is 1. The van der Waals surface area contributed by atoms with Crippen LogP contribution in [0.5, 0.6) is 11.5 Å². The topological polar surface area (TPSA) is 66.5 Å². The average molecular weight is 400 g/mol. The summed E-state index contributed by atoms with van der Waals surface area (Å²) in [6.07, 6.45) is 0.717. The largest absolute Gasteiger partial charge is 0.493 e. The van der Waals surface area contributed by atoms with Crippen LogP contribution < -0.4 is 20.8 Å². The lowest BCUT2D eigenvalue weighted by Gasteiger charge is -2.18. The zero-order valence-electron chi connectivity index (χ0n) is 17.1. The summed E-state index contributed by atoms with van der Waals surface area (Å²) in [5, 5.41) is 1.47. The molecule has 0 fully saturated rings. The molecule has 5 heteroatoms. The minimum atomic E-state index is -0.0803. The number of pyridine rings is 1. The molecule has 0 saturated carbocycles. The number of nitrogen functional groups attached to an aromatic ring is 1. The molecule has 0 radical (unpaired) electrons. The number of aryl methyl sites for hydroxylation is 1. The van der Waals surface area contributed by atoms with Crippen molar-refractivity contribution in [3.8, 4) is 22.6 Å². The molecule has 0 spiro atoms. The van der Waals surface area contributed by atoms with Gasteiger partial charge in [0.15, 0.2) is 11.5 Å². The lowest BCUT2D eigenvalue weighted by atomic mass is 9.98. The Hall–Kier alpha value is -3.73. The Labute approximate surface area is 175 Å². The van der Waals surface area contributed by atoms with Crippen molar-refractivity contribution in [3.05, 3.63) is 88.7 Å². The number of nitrogens with zero attached hydrogens (tertiary/aromatic N) is 1. The van der Waals surface area contributed by atoms with Gasteiger partial charge in [-0.15, -0.1) is 0 Å². The van der Waals surface area contributed by atoms with Crippen molar-refractivity contribution in [2.45, 2.75) is 13.0 Å². The van der Waals surface area contributed by atoms with Gasteiger partial charge in [0.25, 0.3) is 5.56 Å². The summed E-state index contributed by atoms with van der Waals surface area (Å²) in [6.45, 7) is 0.500. The van der Waals surface area contributed by atoms with E-state index in [1.54, 1.807) is 18.8 Å². The van der Waals surface area contributed by atoms with E-state index in [9.17, 15) is 4.79 Å². The van der Waals surface area contributed by atoms with Gasteiger partial charge in [-0.05, 0) is 41.1 Å². The molecule has 152 valence electrons. The normalized spacial score (nSPS) is 10.9. The summed E-state index contributed by atoms with van der Waals surface area (Å²) in [5.41, 5.74) is 9.37. The number of nitrogens with two attached hydrogens (primary N) is 1. The Balaban J connectivity index is 1.90. The van der Waals surface area contributed by atoms with Crippen LogP contribution in [0.25, 0.3) is 21.9 Å². The Morgan fingerprint density at radius 2 is 1.50 bits per heavy atom. The monoisotopic (exact) mass is 400 g/mol. The van der Waals surface area contributed by atoms with Gasteiger partial charge in [0.05, 0.1) is 14.2 Å². The van der Waals surface area contributed by atoms with Crippen LogP contribution in [0.1, 0.15) is 5.56 Å². The summed E-state index contributed by atoms with van der Waals surface area (Å²) in [4.78, 5) is 13.2. The Morgan fingerprint density at radius 3 is 2.20 bits per heavy atom. The first-order valence-electron chi connectivity index (χ1n) is 9.81. The molecule has 0 aliphatic carbocycles. The molecule has 0 saturated heterocycles. The SMILES string of the molecule is COc1ccc(-c2c(N)n(CCc3ccccc3)c(=O)c3ccccc23)cc1OC. The van der Waals surface area contributed by atoms with E-state index in [1.807, 2.05) is 60.7 Å². The van der Waals surface area contributed by atoms with E-state index in [0.29, 0.717) is 35.7 Å². The maximum absolute atomic E-state index is 13.2. The quantitative estimate of drug-likeness (QED) is 0.517. The molecule has 0 amide bonds. The zero-order valence-corrected chi connectivity index (χ0v) is 17.1. The summed E-state index contributed by atoms with van der Waals surface area (Å²) in [7, 11) is 3.20. The second-order valence-electron chi connectivity index (χ2n) is 7.07. The molecule has 1 heterocycles. The van der Waals surface area contributed by atoms with Crippen LogP contribution in [0.15, 0.2) is 77.6 Å². The van der Waals surface area contributed by atoms with Crippen LogP contribution >= 0.6 is 0 Å². The number of rotatable bonds is 6. The number of methoxy groups -OCH3 is 2. The van der Waals surface area contributed by atoms with Gasteiger partial charge in [0.1, 0.15) is 5.82 Å². The van der Waals surface area contributed by atoms with E-state index in [2.05, 4.69) is 12.1 Å². The molecular formula is C25H24N2O3. The highest BCUT2D eigenvalue weighted by Crippen LogP contribution is 2.37. The fourth-order valence-corrected chi connectivity index (χ4v) is 3.82. The third-order valence-electron chi connectivity index (χ3n) is 5.36. The van der Waals surface area contributed by atoms with Crippen molar-refractivity contribution in [3.63, 3.8) is 0 Å². The van der Waals surface area contributed by atoms with Gasteiger partial charge in [0.2, 0.25) is 0 Å². The zero-order chi connectivity index (χ0) is 21.1. The molecule has 0 atom stereocenters. The van der Waals surface area contributed by atoms with Crippen LogP contribution in [0, 0.1) is 0 Å². The standard InChI is InChI=1S/C25H24N2O3/c1-29-21-13-12-18(16-22(21)30-2)23-19-10-6-7-11-20(19)25(28)27(24(23)26)15-14-17-8-4-3-5-9-17/h3-13,16H,14-15,26H2,1-2H3. The Kier molecular flexibility index (Phi) is 5.44. The lowest BCUT2D eigenvalue weighted by Crippen LogP contribution is -2.25. The average Bonchev–Trinajstić information content (AvgIpc) is 2.79. The van der Waals surface area contributed by atoms with Crippen LogP contribution in [0.4, 0.5) is 5.82 Å². The molecule has 30 heavy (non-hydrogen) atoms. The second kappa shape index (κ2) is 8.33. The van der Waals surface area contributed by atoms with Crippen molar-refractivity contribution in [2.24, 2.45) is 0 Å². The highest BCUT2D eigenvalue weighted by molar-refractivity contribution is 6.01. The van der Waals surface area contributed by atoms with E-state index in [-0.39, 0.29) is 5.56 Å². The Bertz CT molecular complexity index is 1250. The van der Waals surface area contributed by atoms with E-state index in [0.717, 1.165) is 22.1 Å². The summed E-state index contributed by atoms with van der Waals surface area (Å²) in [5.74, 6) is 1.70. The van der Waals surface area contributed by atoms with Gasteiger partial charge in [-0.1, -0.05) is 54.6 Å². The number of ether oxygens (including phenoxy) is 2. The van der Waals surface area contributed by atoms with Crippen LogP contribution in [0.3, 0.4) is 0 Å². The summed E-state index contributed by atoms with van der Waals surface area (Å²) >= 11 is 0. The molecule has 3 aromatic carbocycles. The molecule has 4 aromatic rings. The fourth-order valence-electron chi connectivity index (χ4n) is 3.82. The highest BCUT2D eigenvalue weighted by Gasteiger charge is 2.17. The molecule has 2 N–H and O–H groups in total. The maximum Gasteiger partial charge on any atom is 0.260 e. The van der Waals surface area contributed by atoms with E-state index >= 15 is 0 Å². The van der Waals surface area contributed by atoms with Crippen molar-refractivity contribution in [1.29, 1.82) is 0 Å².